The molecule has 6 aromatic rings. The quantitative estimate of drug-likeness (QED) is 0.0737. The van der Waals surface area contributed by atoms with Crippen LogP contribution in [0.2, 0.25) is 0 Å². The van der Waals surface area contributed by atoms with Gasteiger partial charge in [-0.3, -0.25) is 0 Å². The third kappa shape index (κ3) is 7.33. The summed E-state index contributed by atoms with van der Waals surface area (Å²) in [5.74, 6) is 2.25. The van der Waals surface area contributed by atoms with Crippen molar-refractivity contribution in [2.75, 3.05) is 0 Å². The van der Waals surface area contributed by atoms with E-state index >= 15 is 0 Å². The van der Waals surface area contributed by atoms with Crippen molar-refractivity contribution in [1.82, 2.24) is 0 Å². The molecule has 2 nitrogen and oxygen atoms in total. The van der Waals surface area contributed by atoms with Crippen molar-refractivity contribution in [2.24, 2.45) is 0 Å². The van der Waals surface area contributed by atoms with Crippen LogP contribution in [0, 0.1) is 0 Å². The highest BCUT2D eigenvalue weighted by Crippen LogP contribution is 2.36. The molecule has 4 aromatic carbocycles. The normalized spacial score (nSPS) is 12.1. The summed E-state index contributed by atoms with van der Waals surface area (Å²) in [6.45, 7) is 4.57. The predicted octanol–water partition coefficient (Wildman–Crippen LogP) is 14.0. The van der Waals surface area contributed by atoms with Crippen molar-refractivity contribution in [3.63, 3.8) is 0 Å². The fourth-order valence-electron chi connectivity index (χ4n) is 7.17. The first kappa shape index (κ1) is 30.8. The number of fused-ring (bicyclic) bond motifs is 7. The minimum absolute atomic E-state index is 1.01. The van der Waals surface area contributed by atoms with Gasteiger partial charge in [-0.1, -0.05) is 128 Å². The summed E-state index contributed by atoms with van der Waals surface area (Å²) in [6.07, 6.45) is 23.5. The molecule has 0 unspecified atom stereocenters. The maximum absolute atomic E-state index is 6.39. The smallest absolute Gasteiger partial charge is 0.134 e. The largest absolute Gasteiger partial charge is 0.461 e. The molecule has 0 fully saturated rings. The van der Waals surface area contributed by atoms with Gasteiger partial charge in [0, 0.05) is 23.6 Å². The molecule has 232 valence electrons. The third-order valence-corrected chi connectivity index (χ3v) is 9.76. The van der Waals surface area contributed by atoms with Gasteiger partial charge in [-0.2, -0.15) is 0 Å². The zero-order valence-electron chi connectivity index (χ0n) is 27.3. The highest BCUT2D eigenvalue weighted by molar-refractivity contribution is 6.20. The van der Waals surface area contributed by atoms with E-state index in [9.17, 15) is 0 Å². The van der Waals surface area contributed by atoms with Gasteiger partial charge in [-0.25, -0.2) is 0 Å². The van der Waals surface area contributed by atoms with E-state index in [1.165, 1.54) is 146 Å². The lowest BCUT2D eigenvalue weighted by Gasteiger charge is -2.08. The molecule has 0 radical (unpaired) electrons. The van der Waals surface area contributed by atoms with Crippen LogP contribution in [0.25, 0.3) is 54.3 Å². The first-order valence-corrected chi connectivity index (χ1v) is 18.0. The van der Waals surface area contributed by atoms with Crippen molar-refractivity contribution in [2.45, 2.75) is 129 Å². The second kappa shape index (κ2) is 15.2. The van der Waals surface area contributed by atoms with Crippen LogP contribution in [-0.2, 0) is 12.8 Å². The molecule has 0 amide bonds. The third-order valence-electron chi connectivity index (χ3n) is 9.76. The van der Waals surface area contributed by atoms with E-state index in [0.717, 1.165) is 35.5 Å². The molecule has 44 heavy (non-hydrogen) atoms. The van der Waals surface area contributed by atoms with E-state index in [-0.39, 0.29) is 0 Å². The molecular weight excluding hydrogens is 536 g/mol. The number of hydrogen-bond acceptors (Lipinski definition) is 2. The highest BCUT2D eigenvalue weighted by Gasteiger charge is 2.12. The fraction of sp³-hybridized carbons (Fsp3) is 0.476. The Morgan fingerprint density at radius 1 is 0.364 bits per heavy atom. The highest BCUT2D eigenvalue weighted by atomic mass is 16.3. The summed E-state index contributed by atoms with van der Waals surface area (Å²) in [4.78, 5) is 0. The van der Waals surface area contributed by atoms with Gasteiger partial charge < -0.3 is 8.83 Å². The second-order valence-corrected chi connectivity index (χ2v) is 13.3. The molecule has 0 aliphatic heterocycles. The number of unbranched alkanes of at least 4 members (excludes halogenated alkanes) is 14. The number of aryl methyl sites for hydroxylation is 2. The van der Waals surface area contributed by atoms with Gasteiger partial charge in [0.1, 0.15) is 22.7 Å². The molecule has 0 saturated heterocycles. The SMILES string of the molecule is CCCCCCCCCCc1cc2cc3ccc4c5cc6oc(CCCCCCCCCC)cc6cc5ccc4c3cc2o1. The average Bonchev–Trinajstić information content (AvgIpc) is 3.63. The zero-order valence-corrected chi connectivity index (χ0v) is 27.3. The fourth-order valence-corrected chi connectivity index (χ4v) is 7.17. The Hall–Kier alpha value is -3.26. The van der Waals surface area contributed by atoms with E-state index in [1.54, 1.807) is 0 Å². The Morgan fingerprint density at radius 3 is 1.16 bits per heavy atom. The molecule has 0 spiro atoms. The van der Waals surface area contributed by atoms with E-state index in [0.29, 0.717) is 0 Å². The van der Waals surface area contributed by atoms with E-state index in [2.05, 4.69) is 74.5 Å². The van der Waals surface area contributed by atoms with Gasteiger partial charge in [-0.15, -0.1) is 0 Å². The first-order chi connectivity index (χ1) is 21.7. The van der Waals surface area contributed by atoms with Crippen molar-refractivity contribution >= 4 is 54.3 Å². The lowest BCUT2D eigenvalue weighted by Crippen LogP contribution is -1.84. The van der Waals surface area contributed by atoms with Gasteiger partial charge in [0.15, 0.2) is 0 Å². The van der Waals surface area contributed by atoms with Crippen LogP contribution in [0.3, 0.4) is 0 Å². The number of hydrogen-bond donors (Lipinski definition) is 0. The minimum atomic E-state index is 1.01. The standard InChI is InChI=1S/C42H52O2/c1-3-5-7-9-11-13-15-17-19-35-27-33-25-31-21-23-38-37(39(31)29-41(33)43-35)24-22-32-26-34-28-36(44-42(34)30-40(32)38)20-18-16-14-12-10-8-6-4-2/h21-30H,3-20H2,1-2H3. The molecule has 2 heteroatoms. The molecule has 2 aromatic heterocycles. The molecule has 0 bridgehead atoms. The summed E-state index contributed by atoms with van der Waals surface area (Å²) < 4.78 is 12.8. The Morgan fingerprint density at radius 2 is 0.750 bits per heavy atom. The van der Waals surface area contributed by atoms with Crippen LogP contribution >= 0.6 is 0 Å². The van der Waals surface area contributed by atoms with Crippen LogP contribution in [0.5, 0.6) is 0 Å². The number of rotatable bonds is 18. The maximum atomic E-state index is 6.39. The van der Waals surface area contributed by atoms with Crippen LogP contribution in [0.1, 0.15) is 128 Å². The van der Waals surface area contributed by atoms with E-state index < -0.39 is 0 Å². The van der Waals surface area contributed by atoms with Gasteiger partial charge in [-0.05, 0) is 81.6 Å². The molecule has 6 rings (SSSR count). The monoisotopic (exact) mass is 588 g/mol. The maximum Gasteiger partial charge on any atom is 0.134 e. The summed E-state index contributed by atoms with van der Waals surface area (Å²) in [5, 5.41) is 10.1. The minimum Gasteiger partial charge on any atom is -0.461 e. The topological polar surface area (TPSA) is 26.3 Å². The molecule has 2 heterocycles. The number of benzene rings is 4. The van der Waals surface area contributed by atoms with Gasteiger partial charge in [0.05, 0.1) is 0 Å². The molecule has 0 N–H and O–H groups in total. The van der Waals surface area contributed by atoms with Crippen LogP contribution in [0.4, 0.5) is 0 Å². The molecule has 0 saturated carbocycles. The molecule has 0 aliphatic carbocycles. The summed E-state index contributed by atoms with van der Waals surface area (Å²) in [5.41, 5.74) is 2.01. The van der Waals surface area contributed by atoms with E-state index in [4.69, 9.17) is 8.83 Å². The molecule has 0 atom stereocenters. The lowest BCUT2D eigenvalue weighted by molar-refractivity contribution is 0.518. The summed E-state index contributed by atoms with van der Waals surface area (Å²) in [6, 6.07) is 22.8. The zero-order chi connectivity index (χ0) is 30.1. The van der Waals surface area contributed by atoms with Crippen LogP contribution in [-0.4, -0.2) is 0 Å². The van der Waals surface area contributed by atoms with Crippen molar-refractivity contribution in [3.05, 3.63) is 72.2 Å². The van der Waals surface area contributed by atoms with Crippen LogP contribution in [0.15, 0.2) is 69.5 Å². The number of furan rings is 2. The van der Waals surface area contributed by atoms with Gasteiger partial charge in [0.2, 0.25) is 0 Å². The van der Waals surface area contributed by atoms with Gasteiger partial charge >= 0.3 is 0 Å². The Kier molecular flexibility index (Phi) is 10.6. The Balaban J connectivity index is 1.15. The average molecular weight is 589 g/mol. The predicted molar refractivity (Wildman–Crippen MR) is 191 cm³/mol. The summed E-state index contributed by atoms with van der Waals surface area (Å²) >= 11 is 0. The second-order valence-electron chi connectivity index (χ2n) is 13.3. The van der Waals surface area contributed by atoms with Crippen molar-refractivity contribution in [3.8, 4) is 0 Å². The Bertz CT molecular complexity index is 1670. The molecular formula is C42H52O2. The Labute approximate surface area is 264 Å². The van der Waals surface area contributed by atoms with Gasteiger partial charge in [0.25, 0.3) is 0 Å². The lowest BCUT2D eigenvalue weighted by atomic mass is 9.96. The first-order valence-electron chi connectivity index (χ1n) is 18.0. The van der Waals surface area contributed by atoms with Crippen molar-refractivity contribution in [1.29, 1.82) is 0 Å². The molecule has 0 aliphatic rings. The van der Waals surface area contributed by atoms with Crippen LogP contribution < -0.4 is 0 Å². The van der Waals surface area contributed by atoms with E-state index in [1.807, 2.05) is 0 Å². The van der Waals surface area contributed by atoms with Crippen molar-refractivity contribution < 1.29 is 8.83 Å². The summed E-state index contributed by atoms with van der Waals surface area (Å²) in [7, 11) is 0.